The van der Waals surface area contributed by atoms with Crippen LogP contribution in [0.4, 0.5) is 0 Å². The lowest BCUT2D eigenvalue weighted by atomic mass is 9.88. The van der Waals surface area contributed by atoms with E-state index in [4.69, 9.17) is 23.8 Å². The van der Waals surface area contributed by atoms with Crippen LogP contribution in [0, 0.1) is 17.6 Å². The highest BCUT2D eigenvalue weighted by molar-refractivity contribution is 7.71. The minimum atomic E-state index is -0.343. The fraction of sp³-hybridized carbons (Fsp3) is 0.250. The van der Waals surface area contributed by atoms with E-state index in [-0.39, 0.29) is 17.7 Å². The van der Waals surface area contributed by atoms with E-state index >= 15 is 0 Å². The van der Waals surface area contributed by atoms with Crippen LogP contribution in [0.15, 0.2) is 48.5 Å². The number of nitrogens with one attached hydrogen (secondary N) is 2. The molecule has 0 saturated heterocycles. The number of rotatable bonds is 5. The Bertz CT molecular complexity index is 990. The van der Waals surface area contributed by atoms with Crippen LogP contribution in [-0.2, 0) is 4.79 Å². The van der Waals surface area contributed by atoms with E-state index < -0.39 is 0 Å². The van der Waals surface area contributed by atoms with Crippen molar-refractivity contribution in [2.24, 2.45) is 5.92 Å². The number of hydrogen-bond donors (Lipinski definition) is 2. The van der Waals surface area contributed by atoms with E-state index in [1.807, 2.05) is 57.2 Å². The SMILES string of the molecule is Cc1ccc(-c2n[nH]c(=S)n2NC(=O)[C@@H](c2ccc(Cl)cc2)C(C)C)cc1. The highest BCUT2D eigenvalue weighted by Gasteiger charge is 2.25. The molecule has 0 radical (unpaired) electrons. The Kier molecular flexibility index (Phi) is 5.77. The van der Waals surface area contributed by atoms with Gasteiger partial charge in [-0.15, -0.1) is 0 Å². The van der Waals surface area contributed by atoms with E-state index in [1.54, 1.807) is 12.1 Å². The molecule has 0 unspecified atom stereocenters. The van der Waals surface area contributed by atoms with Crippen LogP contribution in [0.3, 0.4) is 0 Å². The molecule has 0 aliphatic heterocycles. The fourth-order valence-corrected chi connectivity index (χ4v) is 3.29. The number of amides is 1. The second kappa shape index (κ2) is 8.06. The summed E-state index contributed by atoms with van der Waals surface area (Å²) >= 11 is 11.3. The summed E-state index contributed by atoms with van der Waals surface area (Å²) in [5.74, 6) is 0.158. The minimum absolute atomic E-state index is 0.0927. The molecule has 1 aromatic heterocycles. The molecule has 27 heavy (non-hydrogen) atoms. The number of benzene rings is 2. The van der Waals surface area contributed by atoms with E-state index in [0.29, 0.717) is 15.6 Å². The molecule has 2 aromatic carbocycles. The molecule has 5 nitrogen and oxygen atoms in total. The van der Waals surface area contributed by atoms with Crippen molar-refractivity contribution in [3.05, 3.63) is 69.5 Å². The largest absolute Gasteiger partial charge is 0.273 e. The molecule has 7 heteroatoms. The molecule has 0 aliphatic carbocycles. The van der Waals surface area contributed by atoms with Crippen molar-refractivity contribution < 1.29 is 4.79 Å². The third-order valence-electron chi connectivity index (χ3n) is 4.38. The van der Waals surface area contributed by atoms with Gasteiger partial charge in [0.05, 0.1) is 5.92 Å². The highest BCUT2D eigenvalue weighted by Crippen LogP contribution is 2.27. The van der Waals surface area contributed by atoms with Gasteiger partial charge in [0.2, 0.25) is 10.7 Å². The van der Waals surface area contributed by atoms with Gasteiger partial charge in [-0.2, -0.15) is 5.10 Å². The molecule has 3 aromatic rings. The number of aryl methyl sites for hydroxylation is 1. The molecule has 140 valence electrons. The smallest absolute Gasteiger partial charge is 0.246 e. The lowest BCUT2D eigenvalue weighted by molar-refractivity contribution is -0.119. The Hall–Kier alpha value is -2.44. The van der Waals surface area contributed by atoms with Crippen LogP contribution in [0.25, 0.3) is 11.4 Å². The molecule has 3 rings (SSSR count). The third kappa shape index (κ3) is 4.28. The number of H-pyrrole nitrogens is 1. The summed E-state index contributed by atoms with van der Waals surface area (Å²) < 4.78 is 1.85. The van der Waals surface area contributed by atoms with E-state index in [1.165, 1.54) is 4.68 Å². The quantitative estimate of drug-likeness (QED) is 0.587. The fourth-order valence-electron chi connectivity index (χ4n) is 2.99. The Balaban J connectivity index is 1.93. The van der Waals surface area contributed by atoms with Gasteiger partial charge in [-0.3, -0.25) is 10.2 Å². The highest BCUT2D eigenvalue weighted by atomic mass is 35.5. The summed E-state index contributed by atoms with van der Waals surface area (Å²) in [5.41, 5.74) is 5.82. The molecule has 0 fully saturated rings. The monoisotopic (exact) mass is 400 g/mol. The second-order valence-corrected chi connectivity index (χ2v) is 7.63. The Morgan fingerprint density at radius 2 is 1.78 bits per heavy atom. The summed E-state index contributed by atoms with van der Waals surface area (Å²) in [7, 11) is 0. The van der Waals surface area contributed by atoms with Crippen LogP contribution in [0.1, 0.15) is 30.9 Å². The Labute approximate surface area is 168 Å². The molecular weight excluding hydrogens is 380 g/mol. The van der Waals surface area contributed by atoms with Crippen LogP contribution in [-0.4, -0.2) is 20.8 Å². The minimum Gasteiger partial charge on any atom is -0.273 e. The normalized spacial score (nSPS) is 12.2. The lowest BCUT2D eigenvalue weighted by Gasteiger charge is -2.21. The molecule has 1 heterocycles. The van der Waals surface area contributed by atoms with Crippen molar-refractivity contribution >= 4 is 29.7 Å². The lowest BCUT2D eigenvalue weighted by Crippen LogP contribution is -2.31. The van der Waals surface area contributed by atoms with Gasteiger partial charge in [0.15, 0.2) is 5.82 Å². The van der Waals surface area contributed by atoms with Crippen molar-refractivity contribution in [2.45, 2.75) is 26.7 Å². The zero-order valence-corrected chi connectivity index (χ0v) is 16.9. The Morgan fingerprint density at radius 3 is 2.37 bits per heavy atom. The number of hydrogen-bond acceptors (Lipinski definition) is 3. The molecule has 0 saturated carbocycles. The summed E-state index contributed by atoms with van der Waals surface area (Å²) in [4.78, 5) is 13.1. The average molecular weight is 401 g/mol. The number of nitrogens with zero attached hydrogens (tertiary/aromatic N) is 2. The first kappa shape index (κ1) is 19.3. The standard InChI is InChI=1S/C20H21ClN4OS/c1-12(2)17(14-8-10-16(21)11-9-14)19(26)24-25-18(22-23-20(25)27)15-6-4-13(3)5-7-15/h4-12,17H,1-3H3,(H,23,27)(H,24,26)/t17-/m1/s1. The van der Waals surface area contributed by atoms with Gasteiger partial charge >= 0.3 is 0 Å². The molecule has 2 N–H and O–H groups in total. The number of carbonyl (C=O) groups is 1. The van der Waals surface area contributed by atoms with E-state index in [9.17, 15) is 4.79 Å². The predicted octanol–water partition coefficient (Wildman–Crippen LogP) is 5.08. The van der Waals surface area contributed by atoms with Crippen LogP contribution in [0.2, 0.25) is 5.02 Å². The maximum Gasteiger partial charge on any atom is 0.246 e. The van der Waals surface area contributed by atoms with Crippen molar-refractivity contribution in [3.8, 4) is 11.4 Å². The summed E-state index contributed by atoms with van der Waals surface area (Å²) in [6.07, 6.45) is 0. The van der Waals surface area contributed by atoms with Crippen LogP contribution < -0.4 is 5.43 Å². The van der Waals surface area contributed by atoms with Gasteiger partial charge in [0.1, 0.15) is 0 Å². The predicted molar refractivity (Wildman–Crippen MR) is 111 cm³/mol. The molecule has 0 spiro atoms. The third-order valence-corrected chi connectivity index (χ3v) is 4.91. The second-order valence-electron chi connectivity index (χ2n) is 6.80. The number of halogens is 1. The first-order valence-electron chi connectivity index (χ1n) is 8.67. The van der Waals surface area contributed by atoms with Crippen LogP contribution in [0.5, 0.6) is 0 Å². The molecular formula is C20H21ClN4OS. The van der Waals surface area contributed by atoms with Crippen LogP contribution >= 0.6 is 23.8 Å². The van der Waals surface area contributed by atoms with Crippen molar-refractivity contribution in [3.63, 3.8) is 0 Å². The number of carbonyl (C=O) groups excluding carboxylic acids is 1. The first-order valence-corrected chi connectivity index (χ1v) is 9.46. The van der Waals surface area contributed by atoms with Crippen molar-refractivity contribution in [1.82, 2.24) is 14.9 Å². The first-order chi connectivity index (χ1) is 12.9. The van der Waals surface area contributed by atoms with Gasteiger partial charge < -0.3 is 0 Å². The number of aromatic nitrogens is 3. The molecule has 0 bridgehead atoms. The summed E-state index contributed by atoms with van der Waals surface area (Å²) in [6.45, 7) is 6.03. The molecule has 1 amide bonds. The van der Waals surface area contributed by atoms with Gasteiger partial charge in [-0.05, 0) is 42.8 Å². The van der Waals surface area contributed by atoms with E-state index in [2.05, 4.69) is 15.6 Å². The van der Waals surface area contributed by atoms with Gasteiger partial charge in [0, 0.05) is 10.6 Å². The van der Waals surface area contributed by atoms with Gasteiger partial charge in [-0.1, -0.05) is 67.4 Å². The van der Waals surface area contributed by atoms with Gasteiger partial charge in [-0.25, -0.2) is 9.77 Å². The van der Waals surface area contributed by atoms with Gasteiger partial charge in [0.25, 0.3) is 0 Å². The molecule has 0 aliphatic rings. The topological polar surface area (TPSA) is 62.7 Å². The van der Waals surface area contributed by atoms with E-state index in [0.717, 1.165) is 16.7 Å². The van der Waals surface area contributed by atoms with Crippen molar-refractivity contribution in [2.75, 3.05) is 5.43 Å². The zero-order chi connectivity index (χ0) is 19.6. The van der Waals surface area contributed by atoms with Crippen molar-refractivity contribution in [1.29, 1.82) is 0 Å². The Morgan fingerprint density at radius 1 is 1.15 bits per heavy atom. The number of aromatic amines is 1. The molecule has 1 atom stereocenters. The average Bonchev–Trinajstić information content (AvgIpc) is 2.98. The maximum atomic E-state index is 13.1. The maximum absolute atomic E-state index is 13.1. The summed E-state index contributed by atoms with van der Waals surface area (Å²) in [5, 5.41) is 7.66. The zero-order valence-electron chi connectivity index (χ0n) is 15.4. The summed E-state index contributed by atoms with van der Waals surface area (Å²) in [6, 6.07) is 15.2.